The van der Waals surface area contributed by atoms with Crippen molar-refractivity contribution in [1.82, 2.24) is 0 Å². The normalized spacial score (nSPS) is 22.9. The van der Waals surface area contributed by atoms with Crippen LogP contribution in [-0.2, 0) is 14.3 Å². The maximum absolute atomic E-state index is 11.3. The van der Waals surface area contributed by atoms with Crippen LogP contribution in [0.1, 0.15) is 33.6 Å². The lowest BCUT2D eigenvalue weighted by molar-refractivity contribution is -0.148. The fourth-order valence-corrected chi connectivity index (χ4v) is 1.28. The smallest absolute Gasteiger partial charge is 0.331 e. The van der Waals surface area contributed by atoms with Gasteiger partial charge in [0, 0.05) is 12.7 Å². The molecule has 0 aromatic heterocycles. The van der Waals surface area contributed by atoms with E-state index < -0.39 is 5.60 Å². The Hall–Kier alpha value is -0.830. The Morgan fingerprint density at radius 3 is 2.71 bits per heavy atom. The number of rotatable bonds is 2. The average Bonchev–Trinajstić information content (AvgIpc) is 2.49. The highest BCUT2D eigenvalue weighted by molar-refractivity contribution is 5.82. The fourth-order valence-electron chi connectivity index (χ4n) is 1.28. The van der Waals surface area contributed by atoms with Gasteiger partial charge in [-0.25, -0.2) is 4.79 Å². The maximum atomic E-state index is 11.3. The first kappa shape index (κ1) is 11.2. The molecule has 0 aliphatic carbocycles. The van der Waals surface area contributed by atoms with Gasteiger partial charge in [0.2, 0.25) is 0 Å². The first-order valence-corrected chi connectivity index (χ1v) is 5.00. The summed E-state index contributed by atoms with van der Waals surface area (Å²) in [4.78, 5) is 11.3. The molecule has 1 fully saturated rings. The van der Waals surface area contributed by atoms with Crippen molar-refractivity contribution in [2.75, 3.05) is 6.61 Å². The van der Waals surface area contributed by atoms with Gasteiger partial charge in [0.15, 0.2) is 0 Å². The highest BCUT2D eigenvalue weighted by Gasteiger charge is 2.16. The van der Waals surface area contributed by atoms with Crippen LogP contribution in [0.5, 0.6) is 0 Å². The van der Waals surface area contributed by atoms with E-state index in [1.807, 2.05) is 20.8 Å². The lowest BCUT2D eigenvalue weighted by Crippen LogP contribution is -2.22. The summed E-state index contributed by atoms with van der Waals surface area (Å²) in [5.41, 5.74) is -0.419. The second-order valence-electron chi connectivity index (χ2n) is 4.44. The van der Waals surface area contributed by atoms with Crippen LogP contribution in [0.25, 0.3) is 0 Å². The largest absolute Gasteiger partial charge is 0.457 e. The van der Waals surface area contributed by atoms with E-state index in [0.717, 1.165) is 19.4 Å². The van der Waals surface area contributed by atoms with Crippen molar-refractivity contribution in [2.45, 2.75) is 45.3 Å². The van der Waals surface area contributed by atoms with Crippen molar-refractivity contribution >= 4 is 5.97 Å². The van der Waals surface area contributed by atoms with E-state index >= 15 is 0 Å². The molecular weight excluding hydrogens is 180 g/mol. The number of hydrogen-bond acceptors (Lipinski definition) is 3. The minimum atomic E-state index is -0.419. The number of esters is 1. The predicted octanol–water partition coefficient (Wildman–Crippen LogP) is 2.06. The molecule has 1 saturated heterocycles. The van der Waals surface area contributed by atoms with Crippen LogP contribution < -0.4 is 0 Å². The van der Waals surface area contributed by atoms with Crippen molar-refractivity contribution in [2.24, 2.45) is 0 Å². The summed E-state index contributed by atoms with van der Waals surface area (Å²) in [6, 6.07) is 0. The molecule has 0 N–H and O–H groups in total. The second kappa shape index (κ2) is 4.60. The third-order valence-electron chi connectivity index (χ3n) is 1.82. The van der Waals surface area contributed by atoms with E-state index in [4.69, 9.17) is 9.47 Å². The maximum Gasteiger partial charge on any atom is 0.331 e. The molecule has 1 unspecified atom stereocenters. The third kappa shape index (κ3) is 4.42. The molecule has 14 heavy (non-hydrogen) atoms. The van der Waals surface area contributed by atoms with Crippen LogP contribution in [-0.4, -0.2) is 24.3 Å². The molecule has 0 radical (unpaired) electrons. The molecule has 3 nitrogen and oxygen atoms in total. The summed E-state index contributed by atoms with van der Waals surface area (Å²) in [5.74, 6) is -0.298. The molecule has 80 valence electrons. The molecular formula is C11H18O3. The van der Waals surface area contributed by atoms with E-state index in [1.54, 1.807) is 6.08 Å². The second-order valence-corrected chi connectivity index (χ2v) is 4.44. The Kier molecular flexibility index (Phi) is 3.69. The Bertz CT molecular complexity index is 219. The zero-order chi connectivity index (χ0) is 10.6. The van der Waals surface area contributed by atoms with Crippen LogP contribution in [0.3, 0.4) is 0 Å². The van der Waals surface area contributed by atoms with Crippen LogP contribution in [0.2, 0.25) is 0 Å². The number of carbonyl (C=O) groups is 1. The van der Waals surface area contributed by atoms with Gasteiger partial charge in [-0.3, -0.25) is 0 Å². The highest BCUT2D eigenvalue weighted by atomic mass is 16.6. The lowest BCUT2D eigenvalue weighted by atomic mass is 10.2. The van der Waals surface area contributed by atoms with Crippen LogP contribution >= 0.6 is 0 Å². The van der Waals surface area contributed by atoms with Gasteiger partial charge in [0.1, 0.15) is 5.60 Å². The van der Waals surface area contributed by atoms with E-state index in [9.17, 15) is 4.79 Å². The summed E-state index contributed by atoms with van der Waals surface area (Å²) < 4.78 is 10.5. The monoisotopic (exact) mass is 198 g/mol. The summed E-state index contributed by atoms with van der Waals surface area (Å²) in [5, 5.41) is 0. The Balaban J connectivity index is 2.32. The van der Waals surface area contributed by atoms with Crippen molar-refractivity contribution in [3.63, 3.8) is 0 Å². The molecule has 3 heteroatoms. The summed E-state index contributed by atoms with van der Waals surface area (Å²) in [6.45, 7) is 6.35. The van der Waals surface area contributed by atoms with Crippen molar-refractivity contribution in [3.8, 4) is 0 Å². The summed E-state index contributed by atoms with van der Waals surface area (Å²) >= 11 is 0. The molecule has 1 aliphatic heterocycles. The van der Waals surface area contributed by atoms with E-state index in [2.05, 4.69) is 0 Å². The molecule has 1 heterocycles. The van der Waals surface area contributed by atoms with E-state index in [-0.39, 0.29) is 12.1 Å². The van der Waals surface area contributed by atoms with Gasteiger partial charge in [-0.05, 0) is 39.7 Å². The third-order valence-corrected chi connectivity index (χ3v) is 1.82. The Morgan fingerprint density at radius 2 is 2.21 bits per heavy atom. The number of ether oxygens (including phenoxy) is 2. The van der Waals surface area contributed by atoms with Gasteiger partial charge in [0.25, 0.3) is 0 Å². The first-order chi connectivity index (χ1) is 6.47. The highest BCUT2D eigenvalue weighted by Crippen LogP contribution is 2.13. The topological polar surface area (TPSA) is 35.5 Å². The van der Waals surface area contributed by atoms with Gasteiger partial charge >= 0.3 is 5.97 Å². The van der Waals surface area contributed by atoms with Gasteiger partial charge in [0.05, 0.1) is 6.10 Å². The molecule has 0 aromatic carbocycles. The molecule has 1 rings (SSSR count). The summed E-state index contributed by atoms with van der Waals surface area (Å²) in [7, 11) is 0. The lowest BCUT2D eigenvalue weighted by Gasteiger charge is -2.18. The zero-order valence-electron chi connectivity index (χ0n) is 9.08. The van der Waals surface area contributed by atoms with Gasteiger partial charge in [-0.15, -0.1) is 0 Å². The minimum Gasteiger partial charge on any atom is -0.457 e. The Morgan fingerprint density at radius 1 is 1.50 bits per heavy atom. The molecule has 0 aromatic rings. The molecule has 0 saturated carbocycles. The molecule has 0 spiro atoms. The van der Waals surface area contributed by atoms with Crippen LogP contribution in [0.15, 0.2) is 12.2 Å². The quantitative estimate of drug-likeness (QED) is 0.503. The molecule has 1 atom stereocenters. The van der Waals surface area contributed by atoms with Crippen molar-refractivity contribution in [1.29, 1.82) is 0 Å². The summed E-state index contributed by atoms with van der Waals surface area (Å²) in [6.07, 6.45) is 5.41. The SMILES string of the molecule is CC(C)(C)OC(=O)/C=C/C1CCCO1. The van der Waals surface area contributed by atoms with Gasteiger partial charge < -0.3 is 9.47 Å². The Labute approximate surface area is 85.1 Å². The van der Waals surface area contributed by atoms with Gasteiger partial charge in [-0.2, -0.15) is 0 Å². The fraction of sp³-hybridized carbons (Fsp3) is 0.727. The van der Waals surface area contributed by atoms with E-state index in [0.29, 0.717) is 0 Å². The predicted molar refractivity (Wildman–Crippen MR) is 54.0 cm³/mol. The van der Waals surface area contributed by atoms with E-state index in [1.165, 1.54) is 6.08 Å². The average molecular weight is 198 g/mol. The molecule has 0 bridgehead atoms. The number of hydrogen-bond donors (Lipinski definition) is 0. The number of carbonyl (C=O) groups excluding carboxylic acids is 1. The molecule has 0 amide bonds. The van der Waals surface area contributed by atoms with Crippen molar-refractivity contribution < 1.29 is 14.3 Å². The molecule has 1 aliphatic rings. The van der Waals surface area contributed by atoms with Crippen molar-refractivity contribution in [3.05, 3.63) is 12.2 Å². The van der Waals surface area contributed by atoms with Gasteiger partial charge in [-0.1, -0.05) is 0 Å². The standard InChI is InChI=1S/C11H18O3/c1-11(2,3)14-10(12)7-6-9-5-4-8-13-9/h6-7,9H,4-5,8H2,1-3H3/b7-6+. The first-order valence-electron chi connectivity index (χ1n) is 5.00. The zero-order valence-corrected chi connectivity index (χ0v) is 9.08. The van der Waals surface area contributed by atoms with Crippen LogP contribution in [0.4, 0.5) is 0 Å². The minimum absolute atomic E-state index is 0.0996. The van der Waals surface area contributed by atoms with Crippen LogP contribution in [0, 0.1) is 0 Å².